The average Bonchev–Trinajstić information content (AvgIpc) is 2.84. The van der Waals surface area contributed by atoms with Gasteiger partial charge in [0.25, 0.3) is 0 Å². The molecule has 0 fully saturated rings. The van der Waals surface area contributed by atoms with E-state index in [1.165, 1.54) is 0 Å². The number of thiol groups is 4. The van der Waals surface area contributed by atoms with E-state index < -0.39 is 89.4 Å². The molecule has 0 amide bonds. The molecule has 4 rings (SSSR count). The van der Waals surface area contributed by atoms with E-state index >= 15 is 0 Å². The minimum Gasteiger partial charge on any atom is -0.269 e. The Morgan fingerprint density at radius 1 is 0.250 bits per heavy atom. The van der Waals surface area contributed by atoms with Gasteiger partial charge in [-0.1, -0.05) is 0 Å². The van der Waals surface area contributed by atoms with Crippen LogP contribution in [-0.2, 0) is 0 Å². The van der Waals surface area contributed by atoms with Crippen LogP contribution in [0.15, 0.2) is 68.1 Å². The van der Waals surface area contributed by atoms with E-state index in [2.05, 4.69) is 50.5 Å². The van der Waals surface area contributed by atoms with Gasteiger partial charge in [0.2, 0.25) is 0 Å². The Morgan fingerprint density at radius 3 is 0.432 bits per heavy atom. The quantitative estimate of drug-likeness (QED) is 0.100. The summed E-state index contributed by atoms with van der Waals surface area (Å²) in [7, 11) is 0. The molecule has 44 heavy (non-hydrogen) atoms. The number of hydrogen-bond donors (Lipinski definition) is 4. The van der Waals surface area contributed by atoms with Crippen molar-refractivity contribution in [3.05, 3.63) is 118 Å². The van der Waals surface area contributed by atoms with Crippen molar-refractivity contribution in [3.63, 3.8) is 0 Å². The van der Waals surface area contributed by atoms with Gasteiger partial charge in [0.15, 0.2) is 0 Å². The Balaban J connectivity index is -0.000000235. The summed E-state index contributed by atoms with van der Waals surface area (Å²) in [5.41, 5.74) is 0. The maximum atomic E-state index is 12.3. The summed E-state index contributed by atoms with van der Waals surface area (Å²) in [6.07, 6.45) is 0. The molecule has 0 bridgehead atoms. The molecular formula is C24H16F16S4. The molecular weight excluding hydrogens is 721 g/mol. The molecule has 0 N–H and O–H groups in total. The van der Waals surface area contributed by atoms with Crippen molar-refractivity contribution in [1.29, 1.82) is 0 Å². The van der Waals surface area contributed by atoms with Crippen LogP contribution in [0.5, 0.6) is 0 Å². The normalized spacial score (nSPS) is 9.09. The van der Waals surface area contributed by atoms with Crippen LogP contribution < -0.4 is 0 Å². The summed E-state index contributed by atoms with van der Waals surface area (Å²) in [5, 5.41) is 0. The SMILES string of the molecule is F.F.F.F.Fc1cc(F)c(S)c(F)c1.Fc1cc(F)c(S)c(F)c1.Fc1cc(F)c(S)c(F)c1.Fc1cc(F)c(S)c(F)c1. The van der Waals surface area contributed by atoms with Crippen molar-refractivity contribution in [2.45, 2.75) is 19.6 Å². The Hall–Kier alpha value is -2.84. The summed E-state index contributed by atoms with van der Waals surface area (Å²) in [6, 6.07) is 4.60. The zero-order chi connectivity index (χ0) is 30.9. The zero-order valence-electron chi connectivity index (χ0n) is 20.6. The van der Waals surface area contributed by atoms with Crippen LogP contribution in [0.1, 0.15) is 0 Å². The van der Waals surface area contributed by atoms with Gasteiger partial charge in [0.05, 0.1) is 19.6 Å². The van der Waals surface area contributed by atoms with E-state index in [1.54, 1.807) is 0 Å². The highest BCUT2D eigenvalue weighted by atomic mass is 32.1. The van der Waals surface area contributed by atoms with E-state index in [1.807, 2.05) is 0 Å². The molecule has 0 aliphatic carbocycles. The molecule has 0 aromatic heterocycles. The molecule has 20 heteroatoms. The topological polar surface area (TPSA) is 0 Å². The molecule has 248 valence electrons. The smallest absolute Gasteiger partial charge is 0.142 e. The summed E-state index contributed by atoms with van der Waals surface area (Å²) < 4.78 is 147. The molecule has 0 saturated heterocycles. The molecule has 0 aliphatic heterocycles. The second-order valence-corrected chi connectivity index (χ2v) is 8.66. The van der Waals surface area contributed by atoms with Crippen molar-refractivity contribution < 1.29 is 71.5 Å². The van der Waals surface area contributed by atoms with Gasteiger partial charge in [-0.2, -0.15) is 0 Å². The molecule has 0 unspecified atom stereocenters. The number of benzene rings is 4. The minimum atomic E-state index is -0.985. The number of rotatable bonds is 0. The van der Waals surface area contributed by atoms with Gasteiger partial charge in [0, 0.05) is 48.5 Å². The van der Waals surface area contributed by atoms with E-state index in [0.29, 0.717) is 48.5 Å². The van der Waals surface area contributed by atoms with Gasteiger partial charge < -0.3 is 0 Å². The van der Waals surface area contributed by atoms with Gasteiger partial charge in [-0.15, -0.1) is 50.5 Å². The fourth-order valence-corrected chi connectivity index (χ4v) is 2.65. The highest BCUT2D eigenvalue weighted by Gasteiger charge is 2.08. The third-order valence-corrected chi connectivity index (χ3v) is 5.64. The van der Waals surface area contributed by atoms with Crippen molar-refractivity contribution in [3.8, 4) is 0 Å². The Bertz CT molecular complexity index is 1170. The largest absolute Gasteiger partial charge is 0.269 e. The van der Waals surface area contributed by atoms with Crippen LogP contribution in [-0.4, -0.2) is 0 Å². The molecule has 0 spiro atoms. The van der Waals surface area contributed by atoms with E-state index in [-0.39, 0.29) is 18.8 Å². The van der Waals surface area contributed by atoms with Gasteiger partial charge in [-0.3, -0.25) is 18.8 Å². The van der Waals surface area contributed by atoms with Crippen LogP contribution in [0.4, 0.5) is 71.5 Å². The highest BCUT2D eigenvalue weighted by Crippen LogP contribution is 2.20. The van der Waals surface area contributed by atoms with Crippen LogP contribution in [0.25, 0.3) is 0 Å². The van der Waals surface area contributed by atoms with Gasteiger partial charge in [-0.25, -0.2) is 52.7 Å². The Kier molecular flexibility index (Phi) is 23.8. The third-order valence-electron chi connectivity index (χ3n) is 3.93. The number of halogens is 16. The Labute approximate surface area is 259 Å². The average molecular weight is 737 g/mol. The standard InChI is InChI=1S/4C6H3F3S.4FH/c4*7-3-1-4(8)6(10)5(9)2-3;;;;/h4*1-2,10H;4*1H. The van der Waals surface area contributed by atoms with Crippen molar-refractivity contribution in [1.82, 2.24) is 0 Å². The van der Waals surface area contributed by atoms with Crippen LogP contribution >= 0.6 is 50.5 Å². The van der Waals surface area contributed by atoms with Gasteiger partial charge in [-0.05, 0) is 0 Å². The van der Waals surface area contributed by atoms with Crippen LogP contribution in [0, 0.1) is 69.8 Å². The lowest BCUT2D eigenvalue weighted by molar-refractivity contribution is 0.510. The number of hydrogen-bond acceptors (Lipinski definition) is 4. The van der Waals surface area contributed by atoms with Gasteiger partial charge in [0.1, 0.15) is 69.8 Å². The second-order valence-electron chi connectivity index (χ2n) is 6.87. The fourth-order valence-electron chi connectivity index (χ4n) is 2.14. The lowest BCUT2D eigenvalue weighted by Gasteiger charge is -1.95. The molecule has 0 atom stereocenters. The lowest BCUT2D eigenvalue weighted by atomic mass is 10.3. The van der Waals surface area contributed by atoms with Gasteiger partial charge >= 0.3 is 0 Å². The van der Waals surface area contributed by atoms with E-state index in [0.717, 1.165) is 0 Å². The summed E-state index contributed by atoms with van der Waals surface area (Å²) >= 11 is 13.8. The van der Waals surface area contributed by atoms with Crippen molar-refractivity contribution in [2.24, 2.45) is 0 Å². The van der Waals surface area contributed by atoms with E-state index in [9.17, 15) is 52.7 Å². The third kappa shape index (κ3) is 15.2. The highest BCUT2D eigenvalue weighted by molar-refractivity contribution is 7.80. The summed E-state index contributed by atoms with van der Waals surface area (Å²) in [5.74, 6) is -11.6. The van der Waals surface area contributed by atoms with Crippen molar-refractivity contribution >= 4 is 50.5 Å². The lowest BCUT2D eigenvalue weighted by Crippen LogP contribution is -1.86. The maximum absolute atomic E-state index is 12.3. The molecule has 0 saturated carbocycles. The molecule has 0 nitrogen and oxygen atoms in total. The zero-order valence-corrected chi connectivity index (χ0v) is 24.2. The second kappa shape index (κ2) is 21.8. The van der Waals surface area contributed by atoms with Crippen LogP contribution in [0.2, 0.25) is 0 Å². The van der Waals surface area contributed by atoms with Crippen LogP contribution in [0.3, 0.4) is 0 Å². The summed E-state index contributed by atoms with van der Waals surface area (Å²) in [6.45, 7) is 0. The van der Waals surface area contributed by atoms with E-state index in [4.69, 9.17) is 0 Å². The first-order valence-corrected chi connectivity index (χ1v) is 11.6. The molecule has 0 aliphatic rings. The van der Waals surface area contributed by atoms with Crippen molar-refractivity contribution in [2.75, 3.05) is 0 Å². The fraction of sp³-hybridized carbons (Fsp3) is 0. The predicted octanol–water partition coefficient (Wildman–Crippen LogP) is 10.2. The summed E-state index contributed by atoms with van der Waals surface area (Å²) in [4.78, 5) is -1.83. The molecule has 4 aromatic carbocycles. The molecule has 4 aromatic rings. The molecule has 0 radical (unpaired) electrons. The Morgan fingerprint density at radius 2 is 0.341 bits per heavy atom. The first-order valence-electron chi connectivity index (χ1n) is 9.78. The minimum absolute atomic E-state index is 0. The monoisotopic (exact) mass is 736 g/mol. The maximum Gasteiger partial charge on any atom is 0.142 e. The predicted molar refractivity (Wildman–Crippen MR) is 144 cm³/mol. The molecule has 0 heterocycles. The first kappa shape index (κ1) is 48.1. The first-order chi connectivity index (χ1) is 18.4.